The molecule has 6 rings (SSSR count). The van der Waals surface area contributed by atoms with Gasteiger partial charge in [-0.15, -0.1) is 0 Å². The van der Waals surface area contributed by atoms with Crippen LogP contribution >= 0.6 is 0 Å². The van der Waals surface area contributed by atoms with E-state index in [1.807, 2.05) is 0 Å². The summed E-state index contributed by atoms with van der Waals surface area (Å²) in [5.41, 5.74) is 9.72. The Morgan fingerprint density at radius 2 is 0.535 bits per heavy atom. The SMILES string of the molecule is Cc1cccc(N(c2ccccc2)N(N(c2ccccc2)c2cccc(C)c2)N(c2ccccc2)c2cccc(C)c2)c1. The molecule has 0 atom stereocenters. The van der Waals surface area contributed by atoms with Crippen molar-refractivity contribution in [2.75, 3.05) is 15.0 Å². The molecule has 0 spiro atoms. The molecule has 0 aliphatic heterocycles. The number of hydrazine groups is 3. The van der Waals surface area contributed by atoms with Crippen LogP contribution < -0.4 is 15.0 Å². The van der Waals surface area contributed by atoms with Crippen molar-refractivity contribution in [1.29, 1.82) is 0 Å². The van der Waals surface area contributed by atoms with E-state index in [1.54, 1.807) is 0 Å². The maximum Gasteiger partial charge on any atom is 0.0619 e. The van der Waals surface area contributed by atoms with Crippen molar-refractivity contribution in [3.05, 3.63) is 180 Å². The Bertz CT molecular complexity index is 1560. The zero-order chi connectivity index (χ0) is 29.6. The van der Waals surface area contributed by atoms with Crippen LogP contribution in [0.3, 0.4) is 0 Å². The van der Waals surface area contributed by atoms with E-state index >= 15 is 0 Å². The molecule has 0 unspecified atom stereocenters. The van der Waals surface area contributed by atoms with Gasteiger partial charge in [-0.3, -0.25) is 0 Å². The molecule has 0 aromatic heterocycles. The summed E-state index contributed by atoms with van der Waals surface area (Å²) in [4.78, 5) is 0. The van der Waals surface area contributed by atoms with E-state index in [9.17, 15) is 0 Å². The van der Waals surface area contributed by atoms with Crippen molar-refractivity contribution in [3.8, 4) is 0 Å². The molecule has 0 amide bonds. The van der Waals surface area contributed by atoms with E-state index in [2.05, 4.69) is 205 Å². The zero-order valence-corrected chi connectivity index (χ0v) is 24.9. The largest absolute Gasteiger partial charge is 0.237 e. The number of benzene rings is 6. The first kappa shape index (κ1) is 27.8. The highest BCUT2D eigenvalue weighted by Gasteiger charge is 2.34. The van der Waals surface area contributed by atoms with Crippen molar-refractivity contribution in [2.24, 2.45) is 0 Å². The second kappa shape index (κ2) is 12.7. The van der Waals surface area contributed by atoms with Crippen LogP contribution in [0.4, 0.5) is 34.1 Å². The fourth-order valence-corrected chi connectivity index (χ4v) is 5.32. The molecule has 0 heterocycles. The minimum Gasteiger partial charge on any atom is -0.237 e. The first-order valence-corrected chi connectivity index (χ1v) is 14.6. The van der Waals surface area contributed by atoms with E-state index in [0.717, 1.165) is 34.1 Å². The van der Waals surface area contributed by atoms with Gasteiger partial charge < -0.3 is 0 Å². The molecule has 0 fully saturated rings. The number of hydrogen-bond donors (Lipinski definition) is 0. The predicted octanol–water partition coefficient (Wildman–Crippen LogP) is 10.5. The Morgan fingerprint density at radius 1 is 0.279 bits per heavy atom. The summed E-state index contributed by atoms with van der Waals surface area (Å²) in [6.07, 6.45) is 0. The molecule has 0 aliphatic carbocycles. The Morgan fingerprint density at radius 3 is 0.791 bits per heavy atom. The average molecular weight is 561 g/mol. The number of nitrogens with zero attached hydrogens (tertiary/aromatic N) is 4. The Kier molecular flexibility index (Phi) is 8.21. The zero-order valence-electron chi connectivity index (χ0n) is 24.9. The highest BCUT2D eigenvalue weighted by atomic mass is 16.0. The minimum atomic E-state index is 1.02. The normalized spacial score (nSPS) is 10.9. The van der Waals surface area contributed by atoms with E-state index in [1.165, 1.54) is 16.7 Å². The van der Waals surface area contributed by atoms with Crippen molar-refractivity contribution in [2.45, 2.75) is 20.8 Å². The van der Waals surface area contributed by atoms with E-state index < -0.39 is 0 Å². The van der Waals surface area contributed by atoms with Gasteiger partial charge >= 0.3 is 0 Å². The number of anilines is 6. The van der Waals surface area contributed by atoms with Crippen LogP contribution in [-0.4, -0.2) is 5.23 Å². The lowest BCUT2D eigenvalue weighted by Gasteiger charge is -2.49. The molecule has 0 N–H and O–H groups in total. The van der Waals surface area contributed by atoms with Crippen molar-refractivity contribution in [1.82, 2.24) is 5.23 Å². The lowest BCUT2D eigenvalue weighted by Crippen LogP contribution is -2.58. The molecule has 6 aromatic carbocycles. The van der Waals surface area contributed by atoms with E-state index in [0.29, 0.717) is 0 Å². The molecule has 6 aromatic rings. The summed E-state index contributed by atoms with van der Waals surface area (Å²) >= 11 is 0. The maximum absolute atomic E-state index is 2.29. The highest BCUT2D eigenvalue weighted by Crippen LogP contribution is 2.41. The Labute approximate surface area is 255 Å². The first-order valence-electron chi connectivity index (χ1n) is 14.6. The van der Waals surface area contributed by atoms with Crippen molar-refractivity contribution >= 4 is 34.1 Å². The van der Waals surface area contributed by atoms with Gasteiger partial charge in [0.2, 0.25) is 0 Å². The highest BCUT2D eigenvalue weighted by molar-refractivity contribution is 5.73. The number of rotatable bonds is 9. The third-order valence-corrected chi connectivity index (χ3v) is 7.28. The molecular formula is C39H36N4. The monoisotopic (exact) mass is 560 g/mol. The van der Waals surface area contributed by atoms with Gasteiger partial charge in [-0.25, -0.2) is 15.0 Å². The summed E-state index contributed by atoms with van der Waals surface area (Å²) in [5.74, 6) is 0. The van der Waals surface area contributed by atoms with Crippen LogP contribution in [0.5, 0.6) is 0 Å². The van der Waals surface area contributed by atoms with Crippen LogP contribution in [0.1, 0.15) is 16.7 Å². The fraction of sp³-hybridized carbons (Fsp3) is 0.0769. The minimum absolute atomic E-state index is 1.02. The topological polar surface area (TPSA) is 13.0 Å². The smallest absolute Gasteiger partial charge is 0.0619 e. The summed E-state index contributed by atoms with van der Waals surface area (Å²) in [6, 6.07) is 57.7. The van der Waals surface area contributed by atoms with Crippen LogP contribution in [0.15, 0.2) is 164 Å². The summed E-state index contributed by atoms with van der Waals surface area (Å²) in [7, 11) is 0. The van der Waals surface area contributed by atoms with Gasteiger partial charge in [-0.2, -0.15) is 0 Å². The van der Waals surface area contributed by atoms with Gasteiger partial charge in [-0.05, 0) is 115 Å². The number of para-hydroxylation sites is 3. The number of hydrogen-bond acceptors (Lipinski definition) is 4. The third kappa shape index (κ3) is 6.15. The molecule has 0 saturated heterocycles. The van der Waals surface area contributed by atoms with Crippen LogP contribution in [0, 0.1) is 20.8 Å². The van der Waals surface area contributed by atoms with E-state index in [4.69, 9.17) is 0 Å². The molecule has 4 nitrogen and oxygen atoms in total. The molecular weight excluding hydrogens is 524 g/mol. The quantitative estimate of drug-likeness (QED) is 0.163. The molecule has 0 saturated carbocycles. The summed E-state index contributed by atoms with van der Waals surface area (Å²) in [5, 5.41) is 9.13. The van der Waals surface area contributed by atoms with Crippen LogP contribution in [-0.2, 0) is 0 Å². The van der Waals surface area contributed by atoms with Gasteiger partial charge in [0.25, 0.3) is 0 Å². The summed E-state index contributed by atoms with van der Waals surface area (Å²) in [6.45, 7) is 6.42. The number of aryl methyl sites for hydroxylation is 3. The van der Waals surface area contributed by atoms with Gasteiger partial charge in [0.1, 0.15) is 0 Å². The average Bonchev–Trinajstić information content (AvgIpc) is 3.03. The van der Waals surface area contributed by atoms with Crippen LogP contribution in [0.2, 0.25) is 0 Å². The van der Waals surface area contributed by atoms with Gasteiger partial charge in [0.05, 0.1) is 34.1 Å². The van der Waals surface area contributed by atoms with Gasteiger partial charge in [-0.1, -0.05) is 91.0 Å². The second-order valence-electron chi connectivity index (χ2n) is 10.7. The molecule has 0 radical (unpaired) electrons. The van der Waals surface area contributed by atoms with Gasteiger partial charge in [0.15, 0.2) is 0 Å². The van der Waals surface area contributed by atoms with E-state index in [-0.39, 0.29) is 0 Å². The molecule has 0 bridgehead atoms. The Balaban J connectivity index is 1.73. The van der Waals surface area contributed by atoms with Crippen LogP contribution in [0.25, 0.3) is 0 Å². The third-order valence-electron chi connectivity index (χ3n) is 7.28. The Hall–Kier alpha value is -5.32. The lowest BCUT2D eigenvalue weighted by atomic mass is 10.2. The fourth-order valence-electron chi connectivity index (χ4n) is 5.32. The standard InChI is InChI=1S/C39H36N4/c1-31-16-13-25-37(28-31)40(34-19-7-4-8-20-34)43(41(35-21-9-5-10-22-35)38-26-14-17-32(2)29-38)42(36-23-11-6-12-24-36)39-27-15-18-33(3)30-39/h4-30H,1-3H3. The molecule has 212 valence electrons. The van der Waals surface area contributed by atoms with Gasteiger partial charge in [0, 0.05) is 0 Å². The maximum atomic E-state index is 2.29. The molecule has 43 heavy (non-hydrogen) atoms. The summed E-state index contributed by atoms with van der Waals surface area (Å²) < 4.78 is 0. The van der Waals surface area contributed by atoms with Crippen molar-refractivity contribution < 1.29 is 0 Å². The first-order chi connectivity index (χ1) is 21.1. The lowest BCUT2D eigenvalue weighted by molar-refractivity contribution is 0.286. The predicted molar refractivity (Wildman–Crippen MR) is 181 cm³/mol. The second-order valence-corrected chi connectivity index (χ2v) is 10.7. The molecule has 4 heteroatoms. The molecule has 0 aliphatic rings. The van der Waals surface area contributed by atoms with Crippen molar-refractivity contribution in [3.63, 3.8) is 0 Å².